The molecule has 0 unspecified atom stereocenters. The molecule has 0 saturated carbocycles. The molecular formula is C37H51N3O7S2. The predicted octanol–water partition coefficient (Wildman–Crippen LogP) is 6.29. The highest BCUT2D eigenvalue weighted by molar-refractivity contribution is 8.77. The minimum atomic E-state index is -0.101. The summed E-state index contributed by atoms with van der Waals surface area (Å²) in [6.45, 7) is 9.32. The number of carbonyl (C=O) groups is 1. The molecule has 1 aliphatic heterocycles. The highest BCUT2D eigenvalue weighted by atomic mass is 33.1. The molecule has 0 spiro atoms. The van der Waals surface area contributed by atoms with Crippen molar-refractivity contribution in [2.45, 2.75) is 38.2 Å². The maximum Gasteiger partial charge on any atom is 0.260 e. The second kappa shape index (κ2) is 19.3. The van der Waals surface area contributed by atoms with E-state index >= 15 is 0 Å². The normalized spacial score (nSPS) is 12.6. The Balaban J connectivity index is 1.52. The van der Waals surface area contributed by atoms with Crippen molar-refractivity contribution >= 4 is 44.6 Å². The van der Waals surface area contributed by atoms with Crippen LogP contribution < -0.4 is 24.6 Å². The number of amides is 1. The van der Waals surface area contributed by atoms with E-state index in [0.717, 1.165) is 35.5 Å². The number of nitrogens with zero attached hydrogens (tertiary/aromatic N) is 2. The Hall–Kier alpha value is -3.13. The third-order valence-electron chi connectivity index (χ3n) is 8.11. The molecule has 0 atom stereocenters. The van der Waals surface area contributed by atoms with E-state index in [1.54, 1.807) is 38.1 Å². The molecule has 0 saturated heterocycles. The summed E-state index contributed by atoms with van der Waals surface area (Å²) >= 11 is 0. The molecule has 3 aromatic rings. The van der Waals surface area contributed by atoms with Gasteiger partial charge >= 0.3 is 0 Å². The molecule has 1 heterocycles. The van der Waals surface area contributed by atoms with Crippen molar-refractivity contribution in [3.8, 4) is 11.5 Å². The first-order chi connectivity index (χ1) is 23.7. The van der Waals surface area contributed by atoms with Crippen molar-refractivity contribution in [3.63, 3.8) is 0 Å². The van der Waals surface area contributed by atoms with Crippen LogP contribution in [0.15, 0.2) is 54.6 Å². The Morgan fingerprint density at radius 3 is 2.43 bits per heavy atom. The molecule has 0 aliphatic carbocycles. The summed E-state index contributed by atoms with van der Waals surface area (Å²) in [4.78, 5) is 17.9. The number of aliphatic hydroxyl groups is 1. The molecule has 3 aromatic carbocycles. The molecule has 0 aromatic heterocycles. The molecule has 10 nitrogen and oxygen atoms in total. The molecule has 268 valence electrons. The van der Waals surface area contributed by atoms with Gasteiger partial charge in [0, 0.05) is 56.0 Å². The minimum Gasteiger partial charge on any atom is -0.493 e. The van der Waals surface area contributed by atoms with Crippen LogP contribution in [0.4, 0.5) is 17.1 Å². The van der Waals surface area contributed by atoms with Crippen LogP contribution in [0.3, 0.4) is 0 Å². The number of benzene rings is 3. The zero-order chi connectivity index (χ0) is 35.2. The fourth-order valence-corrected chi connectivity index (χ4v) is 7.99. The van der Waals surface area contributed by atoms with Crippen molar-refractivity contribution in [2.24, 2.45) is 0 Å². The Morgan fingerprint density at radius 2 is 1.71 bits per heavy atom. The standard InChI is InChI=1S/C37H51N3O7S2/c1-37(2,49-48-6)26-39(13-14-45-17-18-46-16-15-43-4)30-20-27(24-41)19-28(21-30)25-47-35-23-32(38-3)31(22-34(35)44-5)36(42)40-12-11-29-9-7-8-10-33(29)40/h7-10,19-23,38,41H,11-18,24-26H2,1-6H3. The number of anilines is 3. The molecule has 2 N–H and O–H groups in total. The zero-order valence-corrected chi connectivity index (χ0v) is 31.2. The number of hydrogen-bond donors (Lipinski definition) is 2. The Labute approximate surface area is 299 Å². The van der Waals surface area contributed by atoms with Gasteiger partial charge in [0.2, 0.25) is 0 Å². The van der Waals surface area contributed by atoms with Gasteiger partial charge in [-0.1, -0.05) is 39.8 Å². The molecule has 12 heteroatoms. The summed E-state index contributed by atoms with van der Waals surface area (Å²) in [7, 11) is 8.60. The molecular weight excluding hydrogens is 663 g/mol. The van der Waals surface area contributed by atoms with E-state index < -0.39 is 0 Å². The van der Waals surface area contributed by atoms with Gasteiger partial charge in [-0.25, -0.2) is 0 Å². The van der Waals surface area contributed by atoms with Gasteiger partial charge in [-0.3, -0.25) is 4.79 Å². The topological polar surface area (TPSA) is 102 Å². The number of ether oxygens (including phenoxy) is 5. The maximum atomic E-state index is 13.8. The van der Waals surface area contributed by atoms with Gasteiger partial charge < -0.3 is 43.9 Å². The summed E-state index contributed by atoms with van der Waals surface area (Å²) in [5.41, 5.74) is 5.94. The molecule has 4 rings (SSSR count). The minimum absolute atomic E-state index is 0.0399. The van der Waals surface area contributed by atoms with Crippen molar-refractivity contribution in [3.05, 3.63) is 76.9 Å². The summed E-state index contributed by atoms with van der Waals surface area (Å²) in [5, 5.41) is 13.4. The van der Waals surface area contributed by atoms with Crippen LogP contribution in [0.1, 0.15) is 40.9 Å². The fourth-order valence-electron chi connectivity index (χ4n) is 5.82. The van der Waals surface area contributed by atoms with Gasteiger partial charge in [0.05, 0.1) is 58.0 Å². The van der Waals surface area contributed by atoms with Crippen LogP contribution in [0, 0.1) is 0 Å². The van der Waals surface area contributed by atoms with Crippen LogP contribution in [0.2, 0.25) is 0 Å². The number of aliphatic hydroxyl groups excluding tert-OH is 1. The van der Waals surface area contributed by atoms with E-state index in [1.165, 1.54) is 5.56 Å². The van der Waals surface area contributed by atoms with E-state index in [9.17, 15) is 9.90 Å². The summed E-state index contributed by atoms with van der Waals surface area (Å²) in [6.07, 6.45) is 2.92. The molecule has 1 aliphatic rings. The van der Waals surface area contributed by atoms with Crippen molar-refractivity contribution in [1.82, 2.24) is 0 Å². The Morgan fingerprint density at radius 1 is 0.980 bits per heavy atom. The summed E-state index contributed by atoms with van der Waals surface area (Å²) < 4.78 is 28.5. The Kier molecular flexibility index (Phi) is 15.2. The third-order valence-corrected chi connectivity index (χ3v) is 10.7. The quantitative estimate of drug-likeness (QED) is 0.0963. The number of nitrogens with one attached hydrogen (secondary N) is 1. The molecule has 49 heavy (non-hydrogen) atoms. The Bertz CT molecular complexity index is 1510. The van der Waals surface area contributed by atoms with Gasteiger partial charge in [-0.2, -0.15) is 0 Å². The first kappa shape index (κ1) is 38.7. The summed E-state index contributed by atoms with van der Waals surface area (Å²) in [6, 6.07) is 17.6. The third kappa shape index (κ3) is 10.9. The van der Waals surface area contributed by atoms with Gasteiger partial charge in [0.25, 0.3) is 5.91 Å². The van der Waals surface area contributed by atoms with Crippen LogP contribution >= 0.6 is 21.6 Å². The largest absolute Gasteiger partial charge is 0.493 e. The van der Waals surface area contributed by atoms with E-state index in [2.05, 4.69) is 42.5 Å². The fraction of sp³-hybridized carbons (Fsp3) is 0.486. The zero-order valence-electron chi connectivity index (χ0n) is 29.6. The smallest absolute Gasteiger partial charge is 0.260 e. The van der Waals surface area contributed by atoms with Crippen LogP contribution in [0.25, 0.3) is 0 Å². The maximum absolute atomic E-state index is 13.8. The second-order valence-electron chi connectivity index (χ2n) is 12.2. The number of methoxy groups -OCH3 is 2. The van der Waals surface area contributed by atoms with E-state index in [4.69, 9.17) is 23.7 Å². The lowest BCUT2D eigenvalue weighted by Gasteiger charge is -2.34. The predicted molar refractivity (Wildman–Crippen MR) is 202 cm³/mol. The highest BCUT2D eigenvalue weighted by Crippen LogP contribution is 2.38. The SMILES string of the molecule is CNc1cc(OCc2cc(CO)cc(N(CCOCCOCCOC)CC(C)(C)SSC)c2)c(OC)cc1C(=O)N1CCc2ccccc21. The molecule has 0 fully saturated rings. The first-order valence-electron chi connectivity index (χ1n) is 16.5. The second-order valence-corrected chi connectivity index (χ2v) is 15.3. The lowest BCUT2D eigenvalue weighted by molar-refractivity contribution is 0.0264. The summed E-state index contributed by atoms with van der Waals surface area (Å²) in [5.74, 6) is 0.885. The molecule has 0 bridgehead atoms. The van der Waals surface area contributed by atoms with Gasteiger partial charge in [0.1, 0.15) is 6.61 Å². The van der Waals surface area contributed by atoms with Gasteiger partial charge in [-0.05, 0) is 73.5 Å². The van der Waals surface area contributed by atoms with Gasteiger partial charge in [0.15, 0.2) is 11.5 Å². The monoisotopic (exact) mass is 713 g/mol. The number of carbonyl (C=O) groups excluding carboxylic acids is 1. The van der Waals surface area contributed by atoms with Crippen molar-refractivity contribution in [2.75, 3.05) is 95.3 Å². The van der Waals surface area contributed by atoms with Gasteiger partial charge in [-0.15, -0.1) is 0 Å². The van der Waals surface area contributed by atoms with E-state index in [-0.39, 0.29) is 23.9 Å². The number of fused-ring (bicyclic) bond motifs is 1. The van der Waals surface area contributed by atoms with Crippen LogP contribution in [-0.2, 0) is 33.8 Å². The van der Waals surface area contributed by atoms with Crippen LogP contribution in [0.5, 0.6) is 11.5 Å². The van der Waals surface area contributed by atoms with E-state index in [0.29, 0.717) is 68.9 Å². The van der Waals surface area contributed by atoms with E-state index in [1.807, 2.05) is 52.1 Å². The number of para-hydroxylation sites is 1. The first-order valence-corrected chi connectivity index (χ1v) is 19.1. The van der Waals surface area contributed by atoms with Crippen molar-refractivity contribution < 1.29 is 33.6 Å². The number of rotatable bonds is 21. The molecule has 0 radical (unpaired) electrons. The highest BCUT2D eigenvalue weighted by Gasteiger charge is 2.28. The molecule has 1 amide bonds. The van der Waals surface area contributed by atoms with Crippen molar-refractivity contribution in [1.29, 1.82) is 0 Å². The average molecular weight is 714 g/mol. The number of hydrogen-bond acceptors (Lipinski definition) is 11. The lowest BCUT2D eigenvalue weighted by Crippen LogP contribution is -2.38. The lowest BCUT2D eigenvalue weighted by atomic mass is 10.1. The average Bonchev–Trinajstić information content (AvgIpc) is 3.54. The van der Waals surface area contributed by atoms with Crippen LogP contribution in [-0.4, -0.2) is 96.0 Å².